The molecule has 0 aromatic heterocycles. The molecule has 1 heterocycles. The maximum Gasteiger partial charge on any atom is 0.227 e. The molecule has 1 atom stereocenters. The smallest absolute Gasteiger partial charge is 0.227 e. The van der Waals surface area contributed by atoms with Gasteiger partial charge in [-0.2, -0.15) is 5.26 Å². The summed E-state index contributed by atoms with van der Waals surface area (Å²) in [6, 6.07) is 7.34. The molecule has 1 aliphatic heterocycles. The number of carbonyl (C=O) groups excluding carboxylic acids is 1. The van der Waals surface area contributed by atoms with Crippen LogP contribution in [0.4, 0.5) is 11.4 Å². The molecule has 1 amide bonds. The van der Waals surface area contributed by atoms with Gasteiger partial charge in [0, 0.05) is 20.1 Å². The summed E-state index contributed by atoms with van der Waals surface area (Å²) in [4.78, 5) is 14.0. The molecule has 2 rings (SSSR count). The fraction of sp³-hybridized carbons (Fsp3) is 0.429. The van der Waals surface area contributed by atoms with E-state index in [2.05, 4.69) is 16.3 Å². The van der Waals surface area contributed by atoms with Crippen molar-refractivity contribution in [2.45, 2.75) is 13.3 Å². The number of rotatable bonds is 2. The predicted octanol–water partition coefficient (Wildman–Crippen LogP) is 1.10. The normalized spacial score (nSPS) is 22.1. The monoisotopic (exact) mass is 258 g/mol. The lowest BCUT2D eigenvalue weighted by Gasteiger charge is -2.24. The number of nitrogens with two attached hydrogens (primary N) is 1. The number of benzene rings is 1. The Balaban J connectivity index is 2.22. The lowest BCUT2D eigenvalue weighted by Crippen LogP contribution is -2.39. The van der Waals surface area contributed by atoms with E-state index >= 15 is 0 Å². The van der Waals surface area contributed by atoms with E-state index in [0.717, 1.165) is 18.7 Å². The van der Waals surface area contributed by atoms with E-state index < -0.39 is 0 Å². The first-order chi connectivity index (χ1) is 9.00. The van der Waals surface area contributed by atoms with Gasteiger partial charge in [0.15, 0.2) is 0 Å². The number of hydrogen-bond donors (Lipinski definition) is 2. The molecule has 1 unspecified atom stereocenters. The maximum atomic E-state index is 11.9. The quantitative estimate of drug-likeness (QED) is 0.778. The average molecular weight is 258 g/mol. The summed E-state index contributed by atoms with van der Waals surface area (Å²) in [6.45, 7) is 3.40. The zero-order valence-corrected chi connectivity index (χ0v) is 11.2. The highest BCUT2D eigenvalue weighted by molar-refractivity contribution is 5.84. The molecule has 1 saturated heterocycles. The van der Waals surface area contributed by atoms with Crippen LogP contribution in [0.25, 0.3) is 0 Å². The zero-order chi connectivity index (χ0) is 14.0. The van der Waals surface area contributed by atoms with Crippen molar-refractivity contribution in [3.63, 3.8) is 0 Å². The molecule has 100 valence electrons. The summed E-state index contributed by atoms with van der Waals surface area (Å²) in [5.74, 6) is 0.0576. The second-order valence-electron chi connectivity index (χ2n) is 5.20. The van der Waals surface area contributed by atoms with E-state index in [-0.39, 0.29) is 11.3 Å². The fourth-order valence-corrected chi connectivity index (χ4v) is 2.57. The standard InChI is InChI=1S/C14H18N4O/c1-14(13(19)17-2)5-6-18(9-14)12-4-3-10(8-15)7-11(12)16/h3-4,7H,5-6,9,16H2,1-2H3,(H,17,19). The van der Waals surface area contributed by atoms with E-state index in [0.29, 0.717) is 17.8 Å². The highest BCUT2D eigenvalue weighted by Gasteiger charge is 2.40. The highest BCUT2D eigenvalue weighted by atomic mass is 16.2. The SMILES string of the molecule is CNC(=O)C1(C)CCN(c2ccc(C#N)cc2N)C1. The van der Waals surface area contributed by atoms with Gasteiger partial charge < -0.3 is 16.0 Å². The van der Waals surface area contributed by atoms with Crippen molar-refractivity contribution >= 4 is 17.3 Å². The van der Waals surface area contributed by atoms with Crippen LogP contribution in [-0.2, 0) is 4.79 Å². The van der Waals surface area contributed by atoms with Crippen molar-refractivity contribution in [2.24, 2.45) is 5.41 Å². The number of nitriles is 1. The number of nitrogens with one attached hydrogen (secondary N) is 1. The Hall–Kier alpha value is -2.22. The minimum absolute atomic E-state index is 0.0576. The average Bonchev–Trinajstić information content (AvgIpc) is 2.81. The molecule has 0 saturated carbocycles. The molecule has 0 aliphatic carbocycles. The second-order valence-corrected chi connectivity index (χ2v) is 5.20. The van der Waals surface area contributed by atoms with Gasteiger partial charge in [0.1, 0.15) is 0 Å². The van der Waals surface area contributed by atoms with Gasteiger partial charge in [0.25, 0.3) is 0 Å². The molecule has 1 fully saturated rings. The Kier molecular flexibility index (Phi) is 3.34. The molecule has 3 N–H and O–H groups in total. The van der Waals surface area contributed by atoms with Crippen molar-refractivity contribution in [1.29, 1.82) is 5.26 Å². The van der Waals surface area contributed by atoms with Gasteiger partial charge in [0.05, 0.1) is 28.4 Å². The lowest BCUT2D eigenvalue weighted by atomic mass is 9.89. The Morgan fingerprint density at radius 2 is 2.32 bits per heavy atom. The maximum absolute atomic E-state index is 11.9. The Labute approximate surface area is 113 Å². The number of amides is 1. The third kappa shape index (κ3) is 2.34. The first-order valence-electron chi connectivity index (χ1n) is 6.27. The number of nitrogens with zero attached hydrogens (tertiary/aromatic N) is 2. The Bertz CT molecular complexity index is 549. The van der Waals surface area contributed by atoms with Gasteiger partial charge in [-0.25, -0.2) is 0 Å². The highest BCUT2D eigenvalue weighted by Crippen LogP contribution is 2.35. The van der Waals surface area contributed by atoms with Crippen molar-refractivity contribution in [3.8, 4) is 6.07 Å². The first-order valence-corrected chi connectivity index (χ1v) is 6.27. The topological polar surface area (TPSA) is 82.2 Å². The number of carbonyl (C=O) groups is 1. The van der Waals surface area contributed by atoms with E-state index in [4.69, 9.17) is 11.0 Å². The summed E-state index contributed by atoms with van der Waals surface area (Å²) in [7, 11) is 1.66. The second kappa shape index (κ2) is 4.81. The van der Waals surface area contributed by atoms with E-state index in [1.165, 1.54) is 0 Å². The Morgan fingerprint density at radius 3 is 2.89 bits per heavy atom. The lowest BCUT2D eigenvalue weighted by molar-refractivity contribution is -0.128. The van der Waals surface area contributed by atoms with Crippen LogP contribution in [0.5, 0.6) is 0 Å². The molecular weight excluding hydrogens is 240 g/mol. The molecule has 1 aliphatic rings. The van der Waals surface area contributed by atoms with Gasteiger partial charge in [-0.15, -0.1) is 0 Å². The molecule has 0 bridgehead atoms. The first kappa shape index (κ1) is 13.2. The van der Waals surface area contributed by atoms with E-state index in [1.54, 1.807) is 19.2 Å². The van der Waals surface area contributed by atoms with Gasteiger partial charge in [-0.1, -0.05) is 0 Å². The van der Waals surface area contributed by atoms with Crippen LogP contribution in [0, 0.1) is 16.7 Å². The number of hydrogen-bond acceptors (Lipinski definition) is 4. The molecule has 5 heteroatoms. The van der Waals surface area contributed by atoms with Gasteiger partial charge >= 0.3 is 0 Å². The zero-order valence-electron chi connectivity index (χ0n) is 11.2. The molecule has 1 aromatic carbocycles. The van der Waals surface area contributed by atoms with Crippen LogP contribution >= 0.6 is 0 Å². The molecule has 19 heavy (non-hydrogen) atoms. The van der Waals surface area contributed by atoms with E-state index in [9.17, 15) is 4.79 Å². The van der Waals surface area contributed by atoms with Crippen molar-refractivity contribution in [3.05, 3.63) is 23.8 Å². The van der Waals surface area contributed by atoms with Crippen LogP contribution in [-0.4, -0.2) is 26.0 Å². The minimum atomic E-state index is -0.380. The Morgan fingerprint density at radius 1 is 1.58 bits per heavy atom. The third-order valence-electron chi connectivity index (χ3n) is 3.75. The molecule has 0 spiro atoms. The summed E-state index contributed by atoms with van der Waals surface area (Å²) in [6.07, 6.45) is 0.798. The third-order valence-corrected chi connectivity index (χ3v) is 3.75. The van der Waals surface area contributed by atoms with Crippen LogP contribution in [0.1, 0.15) is 18.9 Å². The summed E-state index contributed by atoms with van der Waals surface area (Å²) < 4.78 is 0. The van der Waals surface area contributed by atoms with Gasteiger partial charge in [0.2, 0.25) is 5.91 Å². The fourth-order valence-electron chi connectivity index (χ4n) is 2.57. The van der Waals surface area contributed by atoms with Crippen molar-refractivity contribution in [2.75, 3.05) is 30.8 Å². The molecular formula is C14H18N4O. The van der Waals surface area contributed by atoms with E-state index in [1.807, 2.05) is 13.0 Å². The summed E-state index contributed by atoms with van der Waals surface area (Å²) >= 11 is 0. The van der Waals surface area contributed by atoms with Crippen molar-refractivity contribution < 1.29 is 4.79 Å². The number of nitrogen functional groups attached to an aromatic ring is 1. The van der Waals surface area contributed by atoms with Crippen molar-refractivity contribution in [1.82, 2.24) is 5.32 Å². The molecule has 5 nitrogen and oxygen atoms in total. The van der Waals surface area contributed by atoms with Gasteiger partial charge in [-0.05, 0) is 31.5 Å². The van der Waals surface area contributed by atoms with Crippen LogP contribution < -0.4 is 16.0 Å². The summed E-state index contributed by atoms with van der Waals surface area (Å²) in [5.41, 5.74) is 7.63. The van der Waals surface area contributed by atoms with Crippen LogP contribution in [0.15, 0.2) is 18.2 Å². The van der Waals surface area contributed by atoms with Crippen LogP contribution in [0.3, 0.4) is 0 Å². The van der Waals surface area contributed by atoms with Crippen LogP contribution in [0.2, 0.25) is 0 Å². The molecule has 0 radical (unpaired) electrons. The largest absolute Gasteiger partial charge is 0.397 e. The molecule has 1 aromatic rings. The summed E-state index contributed by atoms with van der Waals surface area (Å²) in [5, 5.41) is 11.5. The predicted molar refractivity (Wildman–Crippen MR) is 74.6 cm³/mol. The minimum Gasteiger partial charge on any atom is -0.397 e. The number of anilines is 2. The van der Waals surface area contributed by atoms with Gasteiger partial charge in [-0.3, -0.25) is 4.79 Å².